The molecule has 0 radical (unpaired) electrons. The van der Waals surface area contributed by atoms with Crippen LogP contribution in [0.1, 0.15) is 30.1 Å². The second kappa shape index (κ2) is 8.42. The molecule has 2 aliphatic rings. The molecule has 2 aliphatic heterocycles. The molecule has 0 aliphatic carbocycles. The van der Waals surface area contributed by atoms with E-state index in [-0.39, 0.29) is 23.9 Å². The number of rotatable bonds is 5. The second-order valence-electron chi connectivity index (χ2n) is 7.24. The maximum Gasteiger partial charge on any atom is 0.319 e. The standard InChI is InChI=1S/C21H24N6O2/c1-13-17(19(26-21(29)25-13)15-8-5-9-22-10-15)20(28)23-11-16-12-24-27-18(16)14-6-3-2-4-7-14/h2-10,16,18-19,24,27H,11-12H2,1H3,(H,23,28)(H2,25,26,29). The van der Waals surface area contributed by atoms with Crippen molar-refractivity contribution in [2.75, 3.05) is 13.1 Å². The summed E-state index contributed by atoms with van der Waals surface area (Å²) in [4.78, 5) is 29.2. The van der Waals surface area contributed by atoms with E-state index in [2.05, 4.69) is 43.9 Å². The topological polar surface area (TPSA) is 107 Å². The van der Waals surface area contributed by atoms with Crippen LogP contribution in [-0.2, 0) is 4.79 Å². The number of allylic oxidation sites excluding steroid dienone is 1. The van der Waals surface area contributed by atoms with Crippen molar-refractivity contribution in [1.82, 2.24) is 31.8 Å². The first-order valence-electron chi connectivity index (χ1n) is 9.63. The van der Waals surface area contributed by atoms with Crippen molar-refractivity contribution in [3.63, 3.8) is 0 Å². The molecule has 29 heavy (non-hydrogen) atoms. The number of hydrazine groups is 1. The predicted molar refractivity (Wildman–Crippen MR) is 108 cm³/mol. The molecule has 1 aromatic carbocycles. The quantitative estimate of drug-likeness (QED) is 0.527. The van der Waals surface area contributed by atoms with Crippen molar-refractivity contribution in [3.05, 3.63) is 77.3 Å². The van der Waals surface area contributed by atoms with Gasteiger partial charge in [-0.3, -0.25) is 15.2 Å². The summed E-state index contributed by atoms with van der Waals surface area (Å²) < 4.78 is 0. The number of hydrogen-bond donors (Lipinski definition) is 5. The number of urea groups is 1. The van der Waals surface area contributed by atoms with E-state index >= 15 is 0 Å². The molecule has 3 amide bonds. The summed E-state index contributed by atoms with van der Waals surface area (Å²) in [5, 5.41) is 8.57. The van der Waals surface area contributed by atoms with Crippen molar-refractivity contribution in [2.45, 2.75) is 19.0 Å². The molecule has 1 aromatic heterocycles. The number of pyridine rings is 1. The molecule has 3 atom stereocenters. The Bertz CT molecular complexity index is 915. The SMILES string of the molecule is CC1=C(C(=O)NCC2CNNC2c2ccccc2)C(c2cccnc2)NC(=O)N1. The Balaban J connectivity index is 1.49. The summed E-state index contributed by atoms with van der Waals surface area (Å²) in [6.45, 7) is 2.99. The lowest BCUT2D eigenvalue weighted by molar-refractivity contribution is -0.118. The van der Waals surface area contributed by atoms with Gasteiger partial charge in [-0.2, -0.15) is 0 Å². The number of aromatic nitrogens is 1. The highest BCUT2D eigenvalue weighted by atomic mass is 16.2. The summed E-state index contributed by atoms with van der Waals surface area (Å²) >= 11 is 0. The molecule has 0 spiro atoms. The lowest BCUT2D eigenvalue weighted by Gasteiger charge is -2.29. The van der Waals surface area contributed by atoms with Gasteiger partial charge in [-0.25, -0.2) is 10.2 Å². The van der Waals surface area contributed by atoms with E-state index in [1.807, 2.05) is 24.3 Å². The lowest BCUT2D eigenvalue weighted by atomic mass is 9.93. The first kappa shape index (κ1) is 19.1. The van der Waals surface area contributed by atoms with Gasteiger partial charge in [0.1, 0.15) is 0 Å². The van der Waals surface area contributed by atoms with Gasteiger partial charge in [0.15, 0.2) is 0 Å². The maximum atomic E-state index is 13.1. The molecule has 5 N–H and O–H groups in total. The fraction of sp³-hybridized carbons (Fsp3) is 0.286. The third-order valence-electron chi connectivity index (χ3n) is 5.31. The van der Waals surface area contributed by atoms with Crippen LogP contribution in [0, 0.1) is 5.92 Å². The van der Waals surface area contributed by atoms with Gasteiger partial charge in [-0.15, -0.1) is 0 Å². The van der Waals surface area contributed by atoms with Gasteiger partial charge >= 0.3 is 6.03 Å². The molecule has 1 saturated heterocycles. The van der Waals surface area contributed by atoms with Crippen molar-refractivity contribution in [1.29, 1.82) is 0 Å². The minimum Gasteiger partial charge on any atom is -0.352 e. The minimum absolute atomic E-state index is 0.116. The maximum absolute atomic E-state index is 13.1. The third-order valence-corrected chi connectivity index (χ3v) is 5.31. The van der Waals surface area contributed by atoms with Crippen LogP contribution in [0.3, 0.4) is 0 Å². The third kappa shape index (κ3) is 4.13. The molecule has 0 bridgehead atoms. The highest BCUT2D eigenvalue weighted by molar-refractivity contribution is 5.98. The van der Waals surface area contributed by atoms with Gasteiger partial charge < -0.3 is 16.0 Å². The Morgan fingerprint density at radius 2 is 1.97 bits per heavy atom. The summed E-state index contributed by atoms with van der Waals surface area (Å²) in [7, 11) is 0. The van der Waals surface area contributed by atoms with Crippen LogP contribution in [0.15, 0.2) is 66.1 Å². The van der Waals surface area contributed by atoms with Crippen LogP contribution in [0.5, 0.6) is 0 Å². The Kier molecular flexibility index (Phi) is 5.55. The monoisotopic (exact) mass is 392 g/mol. The van der Waals surface area contributed by atoms with Crippen molar-refractivity contribution in [3.8, 4) is 0 Å². The van der Waals surface area contributed by atoms with Gasteiger partial charge in [0.25, 0.3) is 5.91 Å². The zero-order valence-electron chi connectivity index (χ0n) is 16.1. The minimum atomic E-state index is -0.540. The van der Waals surface area contributed by atoms with Gasteiger partial charge in [-0.1, -0.05) is 36.4 Å². The van der Waals surface area contributed by atoms with Crippen LogP contribution < -0.4 is 26.8 Å². The smallest absolute Gasteiger partial charge is 0.319 e. The number of carbonyl (C=O) groups excluding carboxylic acids is 2. The fourth-order valence-electron chi connectivity index (χ4n) is 3.85. The van der Waals surface area contributed by atoms with Crippen LogP contribution in [0.2, 0.25) is 0 Å². The molecule has 4 rings (SSSR count). The average Bonchev–Trinajstić information content (AvgIpc) is 3.21. The van der Waals surface area contributed by atoms with Gasteiger partial charge in [0.05, 0.1) is 17.7 Å². The Morgan fingerprint density at radius 3 is 2.72 bits per heavy atom. The zero-order valence-corrected chi connectivity index (χ0v) is 16.1. The van der Waals surface area contributed by atoms with E-state index in [9.17, 15) is 9.59 Å². The normalized spacial score (nSPS) is 24.0. The molecular weight excluding hydrogens is 368 g/mol. The molecule has 1 fully saturated rings. The average molecular weight is 392 g/mol. The summed E-state index contributed by atoms with van der Waals surface area (Å²) in [6.07, 6.45) is 3.32. The highest BCUT2D eigenvalue weighted by Gasteiger charge is 2.33. The predicted octanol–water partition coefficient (Wildman–Crippen LogP) is 1.29. The number of amides is 3. The summed E-state index contributed by atoms with van der Waals surface area (Å²) in [5.41, 5.74) is 9.44. The zero-order chi connectivity index (χ0) is 20.2. The van der Waals surface area contributed by atoms with E-state index in [1.165, 1.54) is 5.56 Å². The largest absolute Gasteiger partial charge is 0.352 e. The van der Waals surface area contributed by atoms with Gasteiger partial charge in [0.2, 0.25) is 0 Å². The molecule has 2 aromatic rings. The van der Waals surface area contributed by atoms with Gasteiger partial charge in [-0.05, 0) is 24.1 Å². The highest BCUT2D eigenvalue weighted by Crippen LogP contribution is 2.27. The van der Waals surface area contributed by atoms with Crippen molar-refractivity contribution < 1.29 is 9.59 Å². The van der Waals surface area contributed by atoms with E-state index in [1.54, 1.807) is 25.4 Å². The molecule has 3 heterocycles. The fourth-order valence-corrected chi connectivity index (χ4v) is 3.85. The van der Waals surface area contributed by atoms with Gasteiger partial charge in [0, 0.05) is 37.1 Å². The summed E-state index contributed by atoms with van der Waals surface area (Å²) in [5.74, 6) is -0.00666. The molecular formula is C21H24N6O2. The first-order chi connectivity index (χ1) is 14.1. The van der Waals surface area contributed by atoms with E-state index in [4.69, 9.17) is 0 Å². The van der Waals surface area contributed by atoms with Crippen LogP contribution >= 0.6 is 0 Å². The molecule has 3 unspecified atom stereocenters. The second-order valence-corrected chi connectivity index (χ2v) is 7.24. The van der Waals surface area contributed by atoms with Crippen LogP contribution in [-0.4, -0.2) is 30.0 Å². The van der Waals surface area contributed by atoms with E-state index in [0.717, 1.165) is 12.1 Å². The Labute approximate surface area is 169 Å². The lowest BCUT2D eigenvalue weighted by Crippen LogP contribution is -2.47. The van der Waals surface area contributed by atoms with Crippen molar-refractivity contribution >= 4 is 11.9 Å². The van der Waals surface area contributed by atoms with E-state index in [0.29, 0.717) is 17.8 Å². The summed E-state index contributed by atoms with van der Waals surface area (Å²) in [6, 6.07) is 13.0. The Hall–Kier alpha value is -3.23. The number of hydrogen-bond acceptors (Lipinski definition) is 5. The molecule has 8 nitrogen and oxygen atoms in total. The number of nitrogens with zero attached hydrogens (tertiary/aromatic N) is 1. The Morgan fingerprint density at radius 1 is 1.17 bits per heavy atom. The molecule has 8 heteroatoms. The first-order valence-corrected chi connectivity index (χ1v) is 9.63. The van der Waals surface area contributed by atoms with Crippen LogP contribution in [0.4, 0.5) is 4.79 Å². The number of nitrogens with one attached hydrogen (secondary N) is 5. The molecule has 0 saturated carbocycles. The molecule has 150 valence electrons. The number of benzene rings is 1. The van der Waals surface area contributed by atoms with E-state index < -0.39 is 6.04 Å². The van der Waals surface area contributed by atoms with Crippen molar-refractivity contribution in [2.24, 2.45) is 5.92 Å². The van der Waals surface area contributed by atoms with Crippen LogP contribution in [0.25, 0.3) is 0 Å². The number of carbonyl (C=O) groups is 2.